The number of carbonyl (C=O) groups excluding carboxylic acids is 1. The molecular weight excluding hydrogens is 194 g/mol. The quantitative estimate of drug-likeness (QED) is 0.662. The molecule has 0 amide bonds. The molecule has 4 heteroatoms. The van der Waals surface area contributed by atoms with E-state index < -0.39 is 0 Å². The average Bonchev–Trinajstić information content (AvgIpc) is 2.27. The molecule has 88 valence electrons. The second kappa shape index (κ2) is 6.80. The molecule has 2 N–H and O–H groups in total. The Morgan fingerprint density at radius 3 is 2.87 bits per heavy atom. The Morgan fingerprint density at radius 1 is 1.47 bits per heavy atom. The van der Waals surface area contributed by atoms with Crippen LogP contribution in [-0.2, 0) is 9.53 Å². The summed E-state index contributed by atoms with van der Waals surface area (Å²) in [5.74, 6) is 0.0907. The monoisotopic (exact) mass is 215 g/mol. The lowest BCUT2D eigenvalue weighted by Gasteiger charge is -2.30. The van der Waals surface area contributed by atoms with E-state index in [4.69, 9.17) is 4.74 Å². The summed E-state index contributed by atoms with van der Waals surface area (Å²) in [4.78, 5) is 11.1. The van der Waals surface area contributed by atoms with Crippen LogP contribution in [0.4, 0.5) is 0 Å². The first-order valence-electron chi connectivity index (χ1n) is 5.77. The van der Waals surface area contributed by atoms with E-state index in [-0.39, 0.29) is 25.2 Å². The Balaban J connectivity index is 2.26. The summed E-state index contributed by atoms with van der Waals surface area (Å²) < 4.78 is 4.84. The SMILES string of the molecule is CCOC(=O)CNC1CCCCC1CO. The van der Waals surface area contributed by atoms with Gasteiger partial charge in [-0.15, -0.1) is 0 Å². The molecule has 0 aliphatic heterocycles. The maximum absolute atomic E-state index is 11.1. The van der Waals surface area contributed by atoms with Crippen molar-refractivity contribution in [2.24, 2.45) is 5.92 Å². The summed E-state index contributed by atoms with van der Waals surface area (Å²) >= 11 is 0. The number of carbonyl (C=O) groups is 1. The molecule has 0 bridgehead atoms. The minimum Gasteiger partial charge on any atom is -0.465 e. The normalized spacial score (nSPS) is 26.3. The number of nitrogens with one attached hydrogen (secondary N) is 1. The van der Waals surface area contributed by atoms with Gasteiger partial charge in [0.25, 0.3) is 0 Å². The van der Waals surface area contributed by atoms with Gasteiger partial charge in [-0.2, -0.15) is 0 Å². The van der Waals surface area contributed by atoms with E-state index in [0.29, 0.717) is 12.5 Å². The first kappa shape index (κ1) is 12.5. The van der Waals surface area contributed by atoms with Crippen LogP contribution in [0, 0.1) is 5.92 Å². The Hall–Kier alpha value is -0.610. The summed E-state index contributed by atoms with van der Waals surface area (Å²) in [6.07, 6.45) is 4.46. The fraction of sp³-hybridized carbons (Fsp3) is 0.909. The Kier molecular flexibility index (Phi) is 5.65. The first-order chi connectivity index (χ1) is 7.27. The molecule has 1 rings (SSSR count). The molecule has 1 aliphatic carbocycles. The predicted octanol–water partition coefficient (Wildman–Crippen LogP) is 0.690. The predicted molar refractivity (Wildman–Crippen MR) is 57.5 cm³/mol. The highest BCUT2D eigenvalue weighted by atomic mass is 16.5. The summed E-state index contributed by atoms with van der Waals surface area (Å²) in [7, 11) is 0. The highest BCUT2D eigenvalue weighted by Gasteiger charge is 2.24. The average molecular weight is 215 g/mol. The van der Waals surface area contributed by atoms with Crippen molar-refractivity contribution in [1.82, 2.24) is 5.32 Å². The van der Waals surface area contributed by atoms with Crippen LogP contribution in [0.1, 0.15) is 32.6 Å². The lowest BCUT2D eigenvalue weighted by atomic mass is 9.85. The lowest BCUT2D eigenvalue weighted by molar-refractivity contribution is -0.142. The van der Waals surface area contributed by atoms with Crippen molar-refractivity contribution in [1.29, 1.82) is 0 Å². The molecule has 15 heavy (non-hydrogen) atoms. The summed E-state index contributed by atoms with van der Waals surface area (Å²) in [6, 6.07) is 0.271. The van der Waals surface area contributed by atoms with Crippen LogP contribution in [0.2, 0.25) is 0 Å². The fourth-order valence-corrected chi connectivity index (χ4v) is 2.12. The van der Waals surface area contributed by atoms with Crippen LogP contribution < -0.4 is 5.32 Å². The van der Waals surface area contributed by atoms with E-state index in [1.54, 1.807) is 6.92 Å². The molecule has 1 fully saturated rings. The van der Waals surface area contributed by atoms with E-state index in [1.165, 1.54) is 12.8 Å². The third-order valence-corrected chi connectivity index (χ3v) is 2.96. The minimum absolute atomic E-state index is 0.209. The zero-order chi connectivity index (χ0) is 11.1. The van der Waals surface area contributed by atoms with Crippen LogP contribution in [0.5, 0.6) is 0 Å². The molecule has 2 unspecified atom stereocenters. The summed E-state index contributed by atoms with van der Waals surface area (Å²) in [5, 5.41) is 12.3. The van der Waals surface area contributed by atoms with Gasteiger partial charge >= 0.3 is 5.97 Å². The van der Waals surface area contributed by atoms with Crippen LogP contribution in [-0.4, -0.2) is 36.9 Å². The van der Waals surface area contributed by atoms with Gasteiger partial charge in [-0.05, 0) is 25.7 Å². The number of rotatable bonds is 5. The molecule has 0 spiro atoms. The number of ether oxygens (including phenoxy) is 1. The van der Waals surface area contributed by atoms with E-state index >= 15 is 0 Å². The van der Waals surface area contributed by atoms with Crippen LogP contribution >= 0.6 is 0 Å². The van der Waals surface area contributed by atoms with E-state index in [0.717, 1.165) is 12.8 Å². The molecule has 0 aromatic carbocycles. The van der Waals surface area contributed by atoms with E-state index in [1.807, 2.05) is 0 Å². The van der Waals surface area contributed by atoms with Crippen LogP contribution in [0.25, 0.3) is 0 Å². The molecule has 4 nitrogen and oxygen atoms in total. The Labute approximate surface area is 91.0 Å². The van der Waals surface area contributed by atoms with Crippen molar-refractivity contribution in [3.63, 3.8) is 0 Å². The van der Waals surface area contributed by atoms with Gasteiger partial charge in [0.1, 0.15) is 0 Å². The van der Waals surface area contributed by atoms with Gasteiger partial charge in [-0.1, -0.05) is 12.8 Å². The van der Waals surface area contributed by atoms with Gasteiger partial charge in [-0.25, -0.2) is 0 Å². The zero-order valence-corrected chi connectivity index (χ0v) is 9.37. The van der Waals surface area contributed by atoms with Crippen molar-refractivity contribution in [2.45, 2.75) is 38.6 Å². The fourth-order valence-electron chi connectivity index (χ4n) is 2.12. The second-order valence-electron chi connectivity index (χ2n) is 4.02. The molecule has 0 saturated heterocycles. The van der Waals surface area contributed by atoms with Gasteiger partial charge in [-0.3, -0.25) is 4.79 Å². The van der Waals surface area contributed by atoms with Gasteiger partial charge in [0.05, 0.1) is 13.2 Å². The zero-order valence-electron chi connectivity index (χ0n) is 9.37. The standard InChI is InChI=1S/C11H21NO3/c1-2-15-11(14)7-12-10-6-4-3-5-9(10)8-13/h9-10,12-13H,2-8H2,1H3. The molecule has 0 aromatic rings. The van der Waals surface area contributed by atoms with Crippen LogP contribution in [0.15, 0.2) is 0 Å². The van der Waals surface area contributed by atoms with Crippen molar-refractivity contribution >= 4 is 5.97 Å². The summed E-state index contributed by atoms with van der Waals surface area (Å²) in [5.41, 5.74) is 0. The number of aliphatic hydroxyl groups excluding tert-OH is 1. The number of esters is 1. The van der Waals surface area contributed by atoms with E-state index in [2.05, 4.69) is 5.32 Å². The second-order valence-corrected chi connectivity index (χ2v) is 4.02. The van der Waals surface area contributed by atoms with Gasteiger partial charge in [0.15, 0.2) is 0 Å². The number of hydrogen-bond acceptors (Lipinski definition) is 4. The van der Waals surface area contributed by atoms with Crippen LogP contribution in [0.3, 0.4) is 0 Å². The highest BCUT2D eigenvalue weighted by Crippen LogP contribution is 2.23. The summed E-state index contributed by atoms with van der Waals surface area (Å²) in [6.45, 7) is 2.69. The lowest BCUT2D eigenvalue weighted by Crippen LogP contribution is -2.42. The highest BCUT2D eigenvalue weighted by molar-refractivity contribution is 5.71. The topological polar surface area (TPSA) is 58.6 Å². The third kappa shape index (κ3) is 4.18. The minimum atomic E-state index is -0.209. The smallest absolute Gasteiger partial charge is 0.319 e. The van der Waals surface area contributed by atoms with Gasteiger partial charge < -0.3 is 15.2 Å². The Bertz CT molecular complexity index is 196. The first-order valence-corrected chi connectivity index (χ1v) is 5.77. The molecular formula is C11H21NO3. The third-order valence-electron chi connectivity index (χ3n) is 2.96. The number of aliphatic hydroxyl groups is 1. The van der Waals surface area contributed by atoms with Crippen molar-refractivity contribution < 1.29 is 14.6 Å². The van der Waals surface area contributed by atoms with Gasteiger partial charge in [0.2, 0.25) is 0 Å². The molecule has 0 aromatic heterocycles. The largest absolute Gasteiger partial charge is 0.465 e. The maximum Gasteiger partial charge on any atom is 0.319 e. The molecule has 0 radical (unpaired) electrons. The molecule has 0 heterocycles. The number of hydrogen-bond donors (Lipinski definition) is 2. The van der Waals surface area contributed by atoms with Crippen molar-refractivity contribution in [3.8, 4) is 0 Å². The van der Waals surface area contributed by atoms with E-state index in [9.17, 15) is 9.90 Å². The van der Waals surface area contributed by atoms with Crippen molar-refractivity contribution in [3.05, 3.63) is 0 Å². The van der Waals surface area contributed by atoms with Gasteiger partial charge in [0, 0.05) is 12.6 Å². The molecule has 1 saturated carbocycles. The van der Waals surface area contributed by atoms with Crippen molar-refractivity contribution in [2.75, 3.05) is 19.8 Å². The Morgan fingerprint density at radius 2 is 2.20 bits per heavy atom. The molecule has 1 aliphatic rings. The maximum atomic E-state index is 11.1. The molecule has 2 atom stereocenters.